The van der Waals surface area contributed by atoms with Crippen LogP contribution in [0.4, 0.5) is 0 Å². The molecule has 3 heteroatoms. The van der Waals surface area contributed by atoms with E-state index in [4.69, 9.17) is 0 Å². The van der Waals surface area contributed by atoms with Gasteiger partial charge in [0, 0.05) is 19.0 Å². The molecule has 0 unspecified atom stereocenters. The van der Waals surface area contributed by atoms with Crippen molar-refractivity contribution in [3.05, 3.63) is 0 Å². The first-order valence-electron chi connectivity index (χ1n) is 7.17. The summed E-state index contributed by atoms with van der Waals surface area (Å²) in [6.45, 7) is 7.66. The molecule has 2 atom stereocenters. The average Bonchev–Trinajstić information content (AvgIpc) is 2.30. The van der Waals surface area contributed by atoms with E-state index in [2.05, 4.69) is 24.1 Å². The molecule has 2 saturated heterocycles. The van der Waals surface area contributed by atoms with Crippen LogP contribution in [0.5, 0.6) is 0 Å². The summed E-state index contributed by atoms with van der Waals surface area (Å²) in [6.07, 6.45) is 5.48. The van der Waals surface area contributed by atoms with Gasteiger partial charge in [-0.05, 0) is 57.5 Å². The lowest BCUT2D eigenvalue weighted by Gasteiger charge is -2.37. The van der Waals surface area contributed by atoms with E-state index in [1.807, 2.05) is 0 Å². The number of hydrogen-bond donors (Lipinski definition) is 1. The van der Waals surface area contributed by atoms with Gasteiger partial charge in [0.2, 0.25) is 5.91 Å². The van der Waals surface area contributed by atoms with E-state index in [1.165, 1.54) is 25.7 Å². The van der Waals surface area contributed by atoms with Crippen LogP contribution in [-0.4, -0.2) is 36.5 Å². The lowest BCUT2D eigenvalue weighted by atomic mass is 9.90. The summed E-state index contributed by atoms with van der Waals surface area (Å²) in [4.78, 5) is 14.4. The highest BCUT2D eigenvalue weighted by molar-refractivity contribution is 5.76. The zero-order valence-corrected chi connectivity index (χ0v) is 11.2. The molecule has 0 spiro atoms. The maximum Gasteiger partial charge on any atom is 0.223 e. The highest BCUT2D eigenvalue weighted by Gasteiger charge is 2.28. The molecule has 2 rings (SSSR count). The minimum absolute atomic E-state index is 0.399. The van der Waals surface area contributed by atoms with E-state index >= 15 is 0 Å². The van der Waals surface area contributed by atoms with Gasteiger partial charge in [0.05, 0.1) is 0 Å². The van der Waals surface area contributed by atoms with Gasteiger partial charge in [0.15, 0.2) is 0 Å². The van der Waals surface area contributed by atoms with Gasteiger partial charge in [-0.25, -0.2) is 0 Å². The SMILES string of the molecule is C[C@H]1CCN(C(=O)CC2CCNCC2)[C@@H](C)C1. The molecule has 17 heavy (non-hydrogen) atoms. The molecule has 0 aromatic heterocycles. The zero-order valence-electron chi connectivity index (χ0n) is 11.2. The van der Waals surface area contributed by atoms with Crippen LogP contribution in [0, 0.1) is 11.8 Å². The minimum atomic E-state index is 0.399. The molecule has 1 amide bonds. The number of carbonyl (C=O) groups is 1. The standard InChI is InChI=1S/C14H26N2O/c1-11-5-8-16(12(2)9-11)14(17)10-13-3-6-15-7-4-13/h11-13,15H,3-10H2,1-2H3/t11-,12-/m0/s1. The first-order valence-corrected chi connectivity index (χ1v) is 7.17. The lowest BCUT2D eigenvalue weighted by molar-refractivity contribution is -0.136. The van der Waals surface area contributed by atoms with Gasteiger partial charge in [-0.15, -0.1) is 0 Å². The largest absolute Gasteiger partial charge is 0.340 e. The highest BCUT2D eigenvalue weighted by Crippen LogP contribution is 2.25. The number of hydrogen-bond acceptors (Lipinski definition) is 2. The maximum absolute atomic E-state index is 12.3. The summed E-state index contributed by atoms with van der Waals surface area (Å²) in [6, 6.07) is 0.452. The van der Waals surface area contributed by atoms with Crippen molar-refractivity contribution in [3.8, 4) is 0 Å². The normalized spacial score (nSPS) is 31.5. The van der Waals surface area contributed by atoms with Crippen LogP contribution in [0.2, 0.25) is 0 Å². The van der Waals surface area contributed by atoms with Crippen LogP contribution in [0.25, 0.3) is 0 Å². The Hall–Kier alpha value is -0.570. The quantitative estimate of drug-likeness (QED) is 0.798. The molecule has 2 heterocycles. The predicted octanol–water partition coefficient (Wildman–Crippen LogP) is 2.02. The molecule has 2 fully saturated rings. The van der Waals surface area contributed by atoms with Crippen LogP contribution in [0.1, 0.15) is 46.0 Å². The summed E-state index contributed by atoms with van der Waals surface area (Å²) in [5.74, 6) is 1.81. The predicted molar refractivity (Wildman–Crippen MR) is 69.8 cm³/mol. The summed E-state index contributed by atoms with van der Waals surface area (Å²) in [5, 5.41) is 3.36. The van der Waals surface area contributed by atoms with Crippen molar-refractivity contribution in [1.82, 2.24) is 10.2 Å². The molecular formula is C14H26N2O. The summed E-state index contributed by atoms with van der Waals surface area (Å²) >= 11 is 0. The Morgan fingerprint density at radius 2 is 1.94 bits per heavy atom. The maximum atomic E-state index is 12.3. The Morgan fingerprint density at radius 1 is 1.24 bits per heavy atom. The third kappa shape index (κ3) is 3.44. The smallest absolute Gasteiger partial charge is 0.223 e. The Labute approximate surface area is 105 Å². The van der Waals surface area contributed by atoms with E-state index < -0.39 is 0 Å². The number of rotatable bonds is 2. The second-order valence-electron chi connectivity index (χ2n) is 5.96. The summed E-state index contributed by atoms with van der Waals surface area (Å²) < 4.78 is 0. The second kappa shape index (κ2) is 5.85. The molecule has 0 bridgehead atoms. The van der Waals surface area contributed by atoms with Gasteiger partial charge in [0.1, 0.15) is 0 Å². The topological polar surface area (TPSA) is 32.3 Å². The monoisotopic (exact) mass is 238 g/mol. The number of likely N-dealkylation sites (tertiary alicyclic amines) is 1. The Morgan fingerprint density at radius 3 is 2.59 bits per heavy atom. The summed E-state index contributed by atoms with van der Waals surface area (Å²) in [7, 11) is 0. The van der Waals surface area contributed by atoms with Crippen molar-refractivity contribution in [3.63, 3.8) is 0 Å². The van der Waals surface area contributed by atoms with Crippen molar-refractivity contribution in [2.45, 2.75) is 52.0 Å². The lowest BCUT2D eigenvalue weighted by Crippen LogP contribution is -2.45. The van der Waals surface area contributed by atoms with Crippen LogP contribution in [0.3, 0.4) is 0 Å². The molecule has 2 aliphatic heterocycles. The fraction of sp³-hybridized carbons (Fsp3) is 0.929. The van der Waals surface area contributed by atoms with Gasteiger partial charge < -0.3 is 10.2 Å². The number of carbonyl (C=O) groups excluding carboxylic acids is 1. The average molecular weight is 238 g/mol. The van der Waals surface area contributed by atoms with Gasteiger partial charge >= 0.3 is 0 Å². The Kier molecular flexibility index (Phi) is 4.43. The van der Waals surface area contributed by atoms with Crippen LogP contribution in [0.15, 0.2) is 0 Å². The molecule has 0 aliphatic carbocycles. The fourth-order valence-corrected chi connectivity index (χ4v) is 3.23. The molecule has 0 aromatic rings. The molecule has 0 radical (unpaired) electrons. The van der Waals surface area contributed by atoms with Gasteiger partial charge in [-0.3, -0.25) is 4.79 Å². The molecular weight excluding hydrogens is 212 g/mol. The van der Waals surface area contributed by atoms with Crippen LogP contribution < -0.4 is 5.32 Å². The van der Waals surface area contributed by atoms with Crippen molar-refractivity contribution in [2.24, 2.45) is 11.8 Å². The Bertz CT molecular complexity index is 261. The van der Waals surface area contributed by atoms with Crippen molar-refractivity contribution >= 4 is 5.91 Å². The van der Waals surface area contributed by atoms with Gasteiger partial charge in [-0.1, -0.05) is 6.92 Å². The number of amides is 1. The van der Waals surface area contributed by atoms with Gasteiger partial charge in [-0.2, -0.15) is 0 Å². The van der Waals surface area contributed by atoms with Crippen LogP contribution in [-0.2, 0) is 4.79 Å². The third-order valence-electron chi connectivity index (χ3n) is 4.38. The number of nitrogens with one attached hydrogen (secondary N) is 1. The van der Waals surface area contributed by atoms with Crippen molar-refractivity contribution < 1.29 is 4.79 Å². The minimum Gasteiger partial charge on any atom is -0.340 e. The van der Waals surface area contributed by atoms with E-state index in [9.17, 15) is 4.79 Å². The second-order valence-corrected chi connectivity index (χ2v) is 5.96. The molecule has 3 nitrogen and oxygen atoms in total. The molecule has 0 saturated carbocycles. The third-order valence-corrected chi connectivity index (χ3v) is 4.38. The molecule has 98 valence electrons. The van der Waals surface area contributed by atoms with E-state index in [0.717, 1.165) is 32.0 Å². The molecule has 1 N–H and O–H groups in total. The van der Waals surface area contributed by atoms with E-state index in [0.29, 0.717) is 17.9 Å². The Balaban J connectivity index is 1.82. The molecule has 0 aromatic carbocycles. The highest BCUT2D eigenvalue weighted by atomic mass is 16.2. The summed E-state index contributed by atoms with van der Waals surface area (Å²) in [5.41, 5.74) is 0. The van der Waals surface area contributed by atoms with E-state index in [-0.39, 0.29) is 0 Å². The number of nitrogens with zero attached hydrogens (tertiary/aromatic N) is 1. The van der Waals surface area contributed by atoms with Crippen molar-refractivity contribution in [1.29, 1.82) is 0 Å². The van der Waals surface area contributed by atoms with Crippen LogP contribution >= 0.6 is 0 Å². The molecule has 2 aliphatic rings. The number of piperidine rings is 2. The first kappa shape index (κ1) is 12.9. The van der Waals surface area contributed by atoms with E-state index in [1.54, 1.807) is 0 Å². The fourth-order valence-electron chi connectivity index (χ4n) is 3.23. The first-order chi connectivity index (χ1) is 8.16. The van der Waals surface area contributed by atoms with Crippen molar-refractivity contribution in [2.75, 3.05) is 19.6 Å². The zero-order chi connectivity index (χ0) is 12.3. The van der Waals surface area contributed by atoms with Gasteiger partial charge in [0.25, 0.3) is 0 Å².